The molecule has 0 radical (unpaired) electrons. The number of thiophene rings is 1. The second-order valence-corrected chi connectivity index (χ2v) is 24.2. The molecule has 0 atom stereocenters. The SMILES string of the molecule is [2H]c1c([2H])c([2H])c2c(c1[2H])c1c([2H])c([2H])c([2H])c(-c3cccc4c3sc3ccccc34)c1n2-c1ccc2c(c1)c1ccccc1n2-c1c(-c2ccccc2)cc([Si](c2ccccc2)(c2ccccc2)c2ccccc2)cc1-c1ccccc1. The molecular formula is C72H48N2SSi. The quantitative estimate of drug-likeness (QED) is 0.101. The molecule has 2 nitrogen and oxygen atoms in total. The van der Waals surface area contributed by atoms with Crippen molar-refractivity contribution in [1.82, 2.24) is 9.13 Å². The first-order valence-electron chi connectivity index (χ1n) is 29.1. The smallest absolute Gasteiger partial charge is 0.179 e. The zero-order valence-corrected chi connectivity index (χ0v) is 42.8. The molecule has 0 aliphatic heterocycles. The van der Waals surface area contributed by atoms with Gasteiger partial charge >= 0.3 is 0 Å². The zero-order chi connectivity index (χ0) is 56.3. The maximum atomic E-state index is 9.82. The van der Waals surface area contributed by atoms with Crippen LogP contribution in [-0.2, 0) is 0 Å². The second-order valence-electron chi connectivity index (χ2n) is 19.4. The highest BCUT2D eigenvalue weighted by molar-refractivity contribution is 7.26. The first kappa shape index (κ1) is 37.4. The third-order valence-corrected chi connectivity index (χ3v) is 21.3. The molecule has 0 N–H and O–H groups in total. The Balaban J connectivity index is 1.08. The number of aromatic nitrogens is 2. The normalized spacial score (nSPS) is 13.2. The fourth-order valence-corrected chi connectivity index (χ4v) is 18.2. The van der Waals surface area contributed by atoms with Gasteiger partial charge in [0.15, 0.2) is 8.07 Å². The Labute approximate surface area is 456 Å². The fourth-order valence-electron chi connectivity index (χ4n) is 12.1. The maximum absolute atomic E-state index is 9.82. The predicted octanol–water partition coefficient (Wildman–Crippen LogP) is 16.6. The molecule has 0 spiro atoms. The third kappa shape index (κ3) is 6.78. The van der Waals surface area contributed by atoms with Gasteiger partial charge in [-0.05, 0) is 68.2 Å². The van der Waals surface area contributed by atoms with Crippen LogP contribution in [0.1, 0.15) is 9.60 Å². The van der Waals surface area contributed by atoms with Gasteiger partial charge in [-0.15, -0.1) is 11.3 Å². The van der Waals surface area contributed by atoms with Crippen LogP contribution in [0.4, 0.5) is 0 Å². The lowest BCUT2D eigenvalue weighted by molar-refractivity contribution is 1.17. The van der Waals surface area contributed by atoms with Crippen molar-refractivity contribution in [3.05, 3.63) is 291 Å². The number of rotatable bonds is 9. The molecule has 12 aromatic carbocycles. The van der Waals surface area contributed by atoms with Crippen molar-refractivity contribution >= 4 is 104 Å². The monoisotopic (exact) mass is 1010 g/mol. The lowest BCUT2D eigenvalue weighted by Gasteiger charge is -2.36. The summed E-state index contributed by atoms with van der Waals surface area (Å²) >= 11 is 1.60. The van der Waals surface area contributed by atoms with Crippen molar-refractivity contribution in [3.8, 4) is 44.8 Å². The summed E-state index contributed by atoms with van der Waals surface area (Å²) in [5.41, 5.74) is 9.25. The van der Waals surface area contributed by atoms with E-state index in [1.165, 1.54) is 20.7 Å². The number of hydrogen-bond donors (Lipinski definition) is 0. The molecule has 0 unspecified atom stereocenters. The standard InChI is InChI=1S/C72H48N2SSi/c1-6-24-49(25-7-1)63-47-55(76(52-28-10-3-11-29-52,53-30-12-4-13-31-53)54-32-14-5-15-33-54)48-64(50-26-8-2-9-27-50)71(63)74-67-42-20-17-35-57(67)65-46-51(44-45-68(65)74)73-66-41-19-16-34-56(66)59-37-22-38-60(70(59)73)62-40-23-39-61-58-36-18-21-43-69(58)75-72(61)62/h1-48H/i16D,19D,22D,34D,37D,38D,41D. The Morgan fingerprint density at radius 2 is 0.868 bits per heavy atom. The van der Waals surface area contributed by atoms with Gasteiger partial charge < -0.3 is 9.13 Å². The van der Waals surface area contributed by atoms with Crippen molar-refractivity contribution < 1.29 is 9.60 Å². The summed E-state index contributed by atoms with van der Waals surface area (Å²) in [4.78, 5) is 0. The first-order valence-corrected chi connectivity index (χ1v) is 28.4. The van der Waals surface area contributed by atoms with E-state index in [1.54, 1.807) is 11.3 Å². The molecule has 0 amide bonds. The highest BCUT2D eigenvalue weighted by atomic mass is 32.1. The third-order valence-electron chi connectivity index (χ3n) is 15.4. The van der Waals surface area contributed by atoms with Crippen LogP contribution in [0.5, 0.6) is 0 Å². The Hall–Kier alpha value is -9.32. The summed E-state index contributed by atoms with van der Waals surface area (Å²) in [6.45, 7) is 0. The van der Waals surface area contributed by atoms with Gasteiger partial charge in [-0.25, -0.2) is 0 Å². The molecule has 76 heavy (non-hydrogen) atoms. The molecular weight excluding hydrogens is 953 g/mol. The Bertz CT molecular complexity index is 4950. The minimum Gasteiger partial charge on any atom is -0.309 e. The molecule has 0 saturated heterocycles. The molecule has 15 rings (SSSR count). The van der Waals surface area contributed by atoms with Gasteiger partial charge in [0, 0.05) is 69.7 Å². The van der Waals surface area contributed by atoms with Crippen LogP contribution in [0, 0.1) is 0 Å². The summed E-state index contributed by atoms with van der Waals surface area (Å²) in [7, 11) is -3.11. The van der Waals surface area contributed by atoms with Crippen molar-refractivity contribution in [3.63, 3.8) is 0 Å². The van der Waals surface area contributed by atoms with Gasteiger partial charge in [-0.2, -0.15) is 0 Å². The Kier molecular flexibility index (Phi) is 8.84. The molecule has 15 aromatic rings. The van der Waals surface area contributed by atoms with Gasteiger partial charge in [0.1, 0.15) is 0 Å². The van der Waals surface area contributed by atoms with Gasteiger partial charge in [-0.1, -0.05) is 255 Å². The van der Waals surface area contributed by atoms with Gasteiger partial charge in [0.05, 0.1) is 37.3 Å². The molecule has 3 aromatic heterocycles. The van der Waals surface area contributed by atoms with E-state index in [2.05, 4.69) is 217 Å². The molecule has 4 heteroatoms. The molecule has 0 aliphatic rings. The maximum Gasteiger partial charge on any atom is 0.179 e. The van der Waals surface area contributed by atoms with Crippen molar-refractivity contribution in [2.75, 3.05) is 0 Å². The van der Waals surface area contributed by atoms with Gasteiger partial charge in [0.25, 0.3) is 0 Å². The van der Waals surface area contributed by atoms with Crippen molar-refractivity contribution in [2.24, 2.45) is 0 Å². The zero-order valence-electron chi connectivity index (χ0n) is 48.0. The molecule has 0 fully saturated rings. The summed E-state index contributed by atoms with van der Waals surface area (Å²) in [6.07, 6.45) is 0. The molecule has 356 valence electrons. The molecule has 0 aliphatic carbocycles. The highest BCUT2D eigenvalue weighted by Gasteiger charge is 2.42. The summed E-state index contributed by atoms with van der Waals surface area (Å²) in [6, 6.07) is 85.9. The van der Waals surface area contributed by atoms with Crippen molar-refractivity contribution in [2.45, 2.75) is 0 Å². The topological polar surface area (TPSA) is 9.86 Å². The number of hydrogen-bond acceptors (Lipinski definition) is 1. The molecule has 3 heterocycles. The van der Waals surface area contributed by atoms with E-state index in [0.717, 1.165) is 69.9 Å². The van der Waals surface area contributed by atoms with Crippen LogP contribution >= 0.6 is 11.3 Å². The minimum atomic E-state index is -3.11. The lowest BCUT2D eigenvalue weighted by Crippen LogP contribution is -2.74. The van der Waals surface area contributed by atoms with E-state index in [9.17, 15) is 6.85 Å². The summed E-state index contributed by atoms with van der Waals surface area (Å²) in [5, 5.41) is 9.25. The minimum absolute atomic E-state index is 0.137. The lowest BCUT2D eigenvalue weighted by atomic mass is 9.95. The summed E-state index contributed by atoms with van der Waals surface area (Å²) < 4.78 is 72.3. The summed E-state index contributed by atoms with van der Waals surface area (Å²) in [5.74, 6) is 0. The number of fused-ring (bicyclic) bond motifs is 9. The fraction of sp³-hybridized carbons (Fsp3) is 0. The van der Waals surface area contributed by atoms with E-state index in [-0.39, 0.29) is 46.5 Å². The first-order chi connectivity index (χ1) is 40.6. The Morgan fingerprint density at radius 1 is 0.329 bits per heavy atom. The van der Waals surface area contributed by atoms with E-state index >= 15 is 0 Å². The Morgan fingerprint density at radius 3 is 1.53 bits per heavy atom. The molecule has 0 saturated carbocycles. The van der Waals surface area contributed by atoms with Gasteiger partial charge in [-0.3, -0.25) is 0 Å². The average Bonchev–Trinajstić information content (AvgIpc) is 2.14. The van der Waals surface area contributed by atoms with Crippen molar-refractivity contribution in [1.29, 1.82) is 0 Å². The van der Waals surface area contributed by atoms with Crippen LogP contribution in [0.15, 0.2) is 291 Å². The van der Waals surface area contributed by atoms with Gasteiger partial charge in [0.2, 0.25) is 0 Å². The average molecular weight is 1010 g/mol. The van der Waals surface area contributed by atoms with Crippen LogP contribution in [0.25, 0.3) is 109 Å². The van der Waals surface area contributed by atoms with E-state index in [4.69, 9.17) is 2.74 Å². The van der Waals surface area contributed by atoms with E-state index < -0.39 is 20.2 Å². The second kappa shape index (κ2) is 18.0. The van der Waals surface area contributed by atoms with Crippen LogP contribution in [-0.4, -0.2) is 17.2 Å². The van der Waals surface area contributed by atoms with Crippen LogP contribution in [0.3, 0.4) is 0 Å². The van der Waals surface area contributed by atoms with E-state index in [0.29, 0.717) is 22.3 Å². The predicted molar refractivity (Wildman–Crippen MR) is 328 cm³/mol. The number of benzene rings is 12. The van der Waals surface area contributed by atoms with E-state index in [1.807, 2.05) is 41.0 Å². The molecule has 0 bridgehead atoms. The van der Waals surface area contributed by atoms with Crippen LogP contribution < -0.4 is 20.7 Å². The number of para-hydroxylation sites is 3. The number of nitrogens with zero attached hydrogens (tertiary/aromatic N) is 2. The largest absolute Gasteiger partial charge is 0.309 e. The van der Waals surface area contributed by atoms with Crippen LogP contribution in [0.2, 0.25) is 0 Å². The highest BCUT2D eigenvalue weighted by Crippen LogP contribution is 2.46.